The molecule has 148 valence electrons. The largest absolute Gasteiger partial charge is 0.289 e. The van der Waals surface area contributed by atoms with Gasteiger partial charge in [0.2, 0.25) is 5.95 Å². The first-order valence-electron chi connectivity index (χ1n) is 9.23. The second-order valence-electron chi connectivity index (χ2n) is 6.44. The van der Waals surface area contributed by atoms with Crippen molar-refractivity contribution in [2.75, 3.05) is 10.6 Å². The molecule has 0 aliphatic heterocycles. The predicted octanol–water partition coefficient (Wildman–Crippen LogP) is 3.48. The van der Waals surface area contributed by atoms with E-state index in [-0.39, 0.29) is 23.5 Å². The summed E-state index contributed by atoms with van der Waals surface area (Å²) in [5.41, 5.74) is 2.28. The number of aryl methyl sites for hydroxylation is 1. The lowest BCUT2D eigenvalue weighted by molar-refractivity contribution is 0.101. The molecule has 0 bridgehead atoms. The van der Waals surface area contributed by atoms with Gasteiger partial charge in [0.1, 0.15) is 5.69 Å². The number of hydrogen-bond donors (Lipinski definition) is 2. The van der Waals surface area contributed by atoms with Crippen LogP contribution >= 0.6 is 0 Å². The van der Waals surface area contributed by atoms with E-state index in [2.05, 4.69) is 25.7 Å². The van der Waals surface area contributed by atoms with E-state index in [1.165, 1.54) is 10.9 Å². The lowest BCUT2D eigenvalue weighted by Gasteiger charge is -2.06. The van der Waals surface area contributed by atoms with Crippen LogP contribution in [0.4, 0.5) is 11.9 Å². The van der Waals surface area contributed by atoms with Crippen molar-refractivity contribution in [3.8, 4) is 5.69 Å². The Hall–Kier alpha value is -4.33. The summed E-state index contributed by atoms with van der Waals surface area (Å²) in [5.74, 6) is -0.529. The van der Waals surface area contributed by atoms with Gasteiger partial charge in [0, 0.05) is 11.8 Å². The minimum atomic E-state index is -0.433. The van der Waals surface area contributed by atoms with Crippen LogP contribution in [0.3, 0.4) is 0 Å². The van der Waals surface area contributed by atoms with Crippen LogP contribution in [0.1, 0.15) is 26.4 Å². The Balaban J connectivity index is 1.65. The van der Waals surface area contributed by atoms with Gasteiger partial charge in [-0.25, -0.2) is 0 Å². The highest BCUT2D eigenvalue weighted by Crippen LogP contribution is 2.18. The van der Waals surface area contributed by atoms with E-state index in [0.717, 1.165) is 5.56 Å². The average Bonchev–Trinajstić information content (AvgIpc) is 3.17. The second kappa shape index (κ2) is 8.36. The maximum atomic E-state index is 12.6. The average molecular weight is 398 g/mol. The zero-order valence-electron chi connectivity index (χ0n) is 16.1. The number of amides is 2. The van der Waals surface area contributed by atoms with Crippen LogP contribution in [-0.2, 0) is 0 Å². The molecule has 2 N–H and O–H groups in total. The topological polar surface area (TPSA) is 102 Å². The Morgan fingerprint density at radius 3 is 2.30 bits per heavy atom. The molecule has 0 aliphatic rings. The summed E-state index contributed by atoms with van der Waals surface area (Å²) in [6, 6.07) is 21.4. The van der Waals surface area contributed by atoms with Gasteiger partial charge in [-0.1, -0.05) is 42.5 Å². The standard InChI is InChI=1S/C22H18N6O2/c1-15-9-5-6-12-17(15)19(29)24-21-26-22(25-20(30)18-13-7-8-14-23-18)28(27-21)16-10-3-2-4-11-16/h2-14H,1H3,(H2,24,25,26,27,29,30). The number of para-hydroxylation sites is 1. The number of benzene rings is 2. The van der Waals surface area contributed by atoms with Crippen LogP contribution in [-0.4, -0.2) is 31.6 Å². The normalized spacial score (nSPS) is 10.4. The van der Waals surface area contributed by atoms with Crippen molar-refractivity contribution in [2.24, 2.45) is 0 Å². The van der Waals surface area contributed by atoms with Crippen LogP contribution < -0.4 is 10.6 Å². The molecule has 8 nitrogen and oxygen atoms in total. The minimum Gasteiger partial charge on any atom is -0.289 e. The second-order valence-corrected chi connectivity index (χ2v) is 6.44. The van der Waals surface area contributed by atoms with Gasteiger partial charge in [0.15, 0.2) is 0 Å². The zero-order chi connectivity index (χ0) is 20.9. The lowest BCUT2D eigenvalue weighted by atomic mass is 10.1. The van der Waals surface area contributed by atoms with E-state index in [4.69, 9.17) is 0 Å². The monoisotopic (exact) mass is 398 g/mol. The Labute approximate surface area is 172 Å². The summed E-state index contributed by atoms with van der Waals surface area (Å²) in [6.45, 7) is 1.85. The highest BCUT2D eigenvalue weighted by Gasteiger charge is 2.18. The fraction of sp³-hybridized carbons (Fsp3) is 0.0455. The first kappa shape index (κ1) is 19.0. The van der Waals surface area contributed by atoms with Gasteiger partial charge in [0.25, 0.3) is 17.8 Å². The third-order valence-electron chi connectivity index (χ3n) is 4.35. The Bertz CT molecular complexity index is 1190. The van der Waals surface area contributed by atoms with Crippen molar-refractivity contribution >= 4 is 23.7 Å². The van der Waals surface area contributed by atoms with Crippen LogP contribution in [0.5, 0.6) is 0 Å². The summed E-state index contributed by atoms with van der Waals surface area (Å²) >= 11 is 0. The molecule has 0 atom stereocenters. The fourth-order valence-electron chi connectivity index (χ4n) is 2.85. The van der Waals surface area contributed by atoms with Gasteiger partial charge in [-0.05, 0) is 42.8 Å². The molecule has 2 heterocycles. The number of pyridine rings is 1. The van der Waals surface area contributed by atoms with Crippen molar-refractivity contribution in [3.05, 3.63) is 95.8 Å². The molecule has 2 aromatic carbocycles. The van der Waals surface area contributed by atoms with Gasteiger partial charge >= 0.3 is 0 Å². The number of aromatic nitrogens is 4. The van der Waals surface area contributed by atoms with Crippen molar-refractivity contribution in [1.29, 1.82) is 0 Å². The maximum Gasteiger partial charge on any atom is 0.276 e. The Kier molecular flexibility index (Phi) is 5.29. The van der Waals surface area contributed by atoms with Crippen molar-refractivity contribution in [1.82, 2.24) is 19.7 Å². The van der Waals surface area contributed by atoms with Gasteiger partial charge in [-0.15, -0.1) is 5.10 Å². The SMILES string of the molecule is Cc1ccccc1C(=O)Nc1nc(NC(=O)c2ccccn2)n(-c2ccccc2)n1. The predicted molar refractivity (Wildman–Crippen MR) is 113 cm³/mol. The van der Waals surface area contributed by atoms with Crippen LogP contribution in [0.15, 0.2) is 79.0 Å². The third kappa shape index (κ3) is 4.07. The van der Waals surface area contributed by atoms with Crippen molar-refractivity contribution < 1.29 is 9.59 Å². The molecular weight excluding hydrogens is 380 g/mol. The van der Waals surface area contributed by atoms with E-state index in [1.54, 1.807) is 30.3 Å². The van der Waals surface area contributed by atoms with E-state index in [0.29, 0.717) is 11.3 Å². The van der Waals surface area contributed by atoms with Gasteiger partial charge in [-0.3, -0.25) is 25.2 Å². The molecule has 0 fully saturated rings. The zero-order valence-corrected chi connectivity index (χ0v) is 16.1. The third-order valence-corrected chi connectivity index (χ3v) is 4.35. The van der Waals surface area contributed by atoms with Crippen molar-refractivity contribution in [2.45, 2.75) is 6.92 Å². The molecule has 4 aromatic rings. The molecular formula is C22H18N6O2. The number of carbonyl (C=O) groups excluding carboxylic acids is 2. The van der Waals surface area contributed by atoms with Gasteiger partial charge < -0.3 is 0 Å². The summed E-state index contributed by atoms with van der Waals surface area (Å²) in [7, 11) is 0. The molecule has 0 saturated carbocycles. The number of anilines is 2. The smallest absolute Gasteiger partial charge is 0.276 e. The van der Waals surface area contributed by atoms with E-state index in [1.807, 2.05) is 49.4 Å². The molecule has 2 aromatic heterocycles. The Morgan fingerprint density at radius 1 is 0.833 bits per heavy atom. The number of carbonyl (C=O) groups is 2. The first-order valence-corrected chi connectivity index (χ1v) is 9.23. The van der Waals surface area contributed by atoms with Crippen LogP contribution in [0.2, 0.25) is 0 Å². The summed E-state index contributed by atoms with van der Waals surface area (Å²) in [4.78, 5) is 33.5. The van der Waals surface area contributed by atoms with Crippen LogP contribution in [0, 0.1) is 6.92 Å². The number of rotatable bonds is 5. The summed E-state index contributed by atoms with van der Waals surface area (Å²) in [5, 5.41) is 9.76. The summed E-state index contributed by atoms with van der Waals surface area (Å²) in [6.07, 6.45) is 1.53. The quantitative estimate of drug-likeness (QED) is 0.536. The van der Waals surface area contributed by atoms with E-state index in [9.17, 15) is 9.59 Å². The molecule has 0 radical (unpaired) electrons. The highest BCUT2D eigenvalue weighted by molar-refractivity contribution is 6.05. The number of hydrogen-bond acceptors (Lipinski definition) is 5. The Morgan fingerprint density at radius 2 is 1.57 bits per heavy atom. The van der Waals surface area contributed by atoms with Gasteiger partial charge in [0.05, 0.1) is 5.69 Å². The molecule has 0 saturated heterocycles. The van der Waals surface area contributed by atoms with Crippen molar-refractivity contribution in [3.63, 3.8) is 0 Å². The number of nitrogens with zero attached hydrogens (tertiary/aromatic N) is 4. The molecule has 8 heteroatoms. The van der Waals surface area contributed by atoms with E-state index >= 15 is 0 Å². The molecule has 0 aliphatic carbocycles. The lowest BCUT2D eigenvalue weighted by Crippen LogP contribution is -2.17. The van der Waals surface area contributed by atoms with Crippen LogP contribution in [0.25, 0.3) is 5.69 Å². The molecule has 30 heavy (non-hydrogen) atoms. The number of nitrogens with one attached hydrogen (secondary N) is 2. The molecule has 4 rings (SSSR count). The van der Waals surface area contributed by atoms with Gasteiger partial charge in [-0.2, -0.15) is 9.67 Å². The minimum absolute atomic E-state index is 0.0726. The molecule has 2 amide bonds. The van der Waals surface area contributed by atoms with E-state index < -0.39 is 5.91 Å². The fourth-order valence-corrected chi connectivity index (χ4v) is 2.85. The maximum absolute atomic E-state index is 12.6. The molecule has 0 spiro atoms. The first-order chi connectivity index (χ1) is 14.6. The summed E-state index contributed by atoms with van der Waals surface area (Å²) < 4.78 is 1.45. The highest BCUT2D eigenvalue weighted by atomic mass is 16.2. The molecule has 0 unspecified atom stereocenters.